The number of ketones is 2. The molecule has 0 aliphatic rings. The molecule has 1 aromatic rings. The van der Waals surface area contributed by atoms with Crippen molar-refractivity contribution >= 4 is 11.6 Å². The van der Waals surface area contributed by atoms with Crippen LogP contribution in [-0.2, 0) is 6.42 Å². The van der Waals surface area contributed by atoms with E-state index in [4.69, 9.17) is 11.5 Å². The van der Waals surface area contributed by atoms with Crippen molar-refractivity contribution in [3.8, 4) is 0 Å². The Hall–Kier alpha value is -1.52. The van der Waals surface area contributed by atoms with E-state index in [9.17, 15) is 9.59 Å². The molecule has 4 N–H and O–H groups in total. The van der Waals surface area contributed by atoms with Crippen LogP contribution in [0.5, 0.6) is 0 Å². The summed E-state index contributed by atoms with van der Waals surface area (Å²) in [4.78, 5) is 22.9. The van der Waals surface area contributed by atoms with Gasteiger partial charge in [0.15, 0.2) is 11.6 Å². The van der Waals surface area contributed by atoms with E-state index < -0.39 is 0 Å². The third kappa shape index (κ3) is 5.32. The van der Waals surface area contributed by atoms with E-state index in [2.05, 4.69) is 0 Å². The van der Waals surface area contributed by atoms with E-state index in [1.165, 1.54) is 13.8 Å². The molecular weight excluding hydrogens is 240 g/mol. The quantitative estimate of drug-likeness (QED) is 0.447. The molecule has 1 aromatic carbocycles. The van der Waals surface area contributed by atoms with Gasteiger partial charge < -0.3 is 11.5 Å². The van der Waals surface area contributed by atoms with Crippen molar-refractivity contribution in [2.75, 3.05) is 0 Å². The average Bonchev–Trinajstić information content (AvgIpc) is 2.34. The smallest absolute Gasteiger partial charge is 0.159 e. The summed E-state index contributed by atoms with van der Waals surface area (Å²) in [5, 5.41) is 0. The van der Waals surface area contributed by atoms with Crippen LogP contribution >= 0.6 is 0 Å². The monoisotopic (exact) mass is 262 g/mol. The third-order valence-corrected chi connectivity index (χ3v) is 3.06. The van der Waals surface area contributed by atoms with Crippen molar-refractivity contribution in [1.29, 1.82) is 0 Å². The Morgan fingerprint density at radius 3 is 1.95 bits per heavy atom. The normalized spacial score (nSPS) is 10.8. The number of benzene rings is 1. The molecule has 0 aliphatic carbocycles. The molecule has 0 fully saturated rings. The number of hydrogen-bond donors (Lipinski definition) is 2. The van der Waals surface area contributed by atoms with Crippen LogP contribution in [0.3, 0.4) is 0 Å². The molecule has 0 saturated heterocycles. The van der Waals surface area contributed by atoms with Gasteiger partial charge in [-0.25, -0.2) is 0 Å². The maximum absolute atomic E-state index is 11.4. The second kappa shape index (κ2) is 7.16. The molecule has 104 valence electrons. The van der Waals surface area contributed by atoms with Gasteiger partial charge in [0.25, 0.3) is 0 Å². The predicted molar refractivity (Wildman–Crippen MR) is 76.2 cm³/mol. The first-order valence-corrected chi connectivity index (χ1v) is 6.57. The maximum Gasteiger partial charge on any atom is 0.159 e. The van der Waals surface area contributed by atoms with Crippen molar-refractivity contribution in [2.24, 2.45) is 11.5 Å². The molecule has 4 nitrogen and oxygen atoms in total. The molecule has 0 bridgehead atoms. The Balaban J connectivity index is 2.76. The molecule has 0 amide bonds. The molecule has 0 spiro atoms. The van der Waals surface area contributed by atoms with Crippen LogP contribution in [0.4, 0.5) is 0 Å². The highest BCUT2D eigenvalue weighted by Crippen LogP contribution is 2.15. The van der Waals surface area contributed by atoms with Gasteiger partial charge in [-0.1, -0.05) is 6.42 Å². The van der Waals surface area contributed by atoms with Gasteiger partial charge in [-0.3, -0.25) is 9.59 Å². The molecule has 0 atom stereocenters. The molecule has 0 aromatic heterocycles. The molecule has 0 saturated carbocycles. The first-order valence-electron chi connectivity index (χ1n) is 6.57. The van der Waals surface area contributed by atoms with Crippen molar-refractivity contribution in [2.45, 2.75) is 45.7 Å². The Morgan fingerprint density at radius 1 is 1.00 bits per heavy atom. The summed E-state index contributed by atoms with van der Waals surface area (Å²) in [5.74, 6) is -0.0401. The number of unbranched alkanes of at least 4 members (excludes halogenated alkanes) is 1. The van der Waals surface area contributed by atoms with Crippen LogP contribution < -0.4 is 11.5 Å². The van der Waals surface area contributed by atoms with Gasteiger partial charge in [-0.2, -0.15) is 0 Å². The fraction of sp³-hybridized carbons (Fsp3) is 0.467. The molecular formula is C15H22N2O2. The minimum Gasteiger partial charge on any atom is -0.316 e. The lowest BCUT2D eigenvalue weighted by atomic mass is 9.98. The van der Waals surface area contributed by atoms with Crippen LogP contribution in [0, 0.1) is 0 Å². The molecule has 0 unspecified atom stereocenters. The second-order valence-electron chi connectivity index (χ2n) is 4.94. The highest BCUT2D eigenvalue weighted by molar-refractivity contribution is 5.99. The summed E-state index contributed by atoms with van der Waals surface area (Å²) in [6.07, 6.45) is 3.23. The lowest BCUT2D eigenvalue weighted by Crippen LogP contribution is -2.29. The zero-order valence-corrected chi connectivity index (χ0v) is 11.6. The number of rotatable bonds is 7. The summed E-state index contributed by atoms with van der Waals surface area (Å²) < 4.78 is 0. The van der Waals surface area contributed by atoms with Crippen LogP contribution in [0.2, 0.25) is 0 Å². The lowest BCUT2D eigenvalue weighted by Gasteiger charge is -2.08. The summed E-state index contributed by atoms with van der Waals surface area (Å²) in [5.41, 5.74) is 13.2. The van der Waals surface area contributed by atoms with Gasteiger partial charge in [-0.15, -0.1) is 0 Å². The minimum atomic E-state index is -0.267. The zero-order valence-electron chi connectivity index (χ0n) is 11.6. The Bertz CT molecular complexity index is 435. The van der Waals surface area contributed by atoms with Crippen LogP contribution in [0.1, 0.15) is 59.4 Å². The van der Waals surface area contributed by atoms with Gasteiger partial charge in [0.1, 0.15) is 0 Å². The number of aryl methyl sites for hydroxylation is 1. The van der Waals surface area contributed by atoms with E-state index >= 15 is 0 Å². The molecule has 0 radical (unpaired) electrons. The highest BCUT2D eigenvalue weighted by Gasteiger charge is 2.08. The number of nitrogens with two attached hydrogens (primary N) is 2. The number of carbonyl (C=O) groups excluding carboxylic acids is 2. The second-order valence-corrected chi connectivity index (χ2v) is 4.94. The number of carbonyl (C=O) groups is 2. The molecule has 0 heterocycles. The van der Waals surface area contributed by atoms with E-state index in [1.54, 1.807) is 6.07 Å². The molecule has 4 heteroatoms. The van der Waals surface area contributed by atoms with Gasteiger partial charge in [0, 0.05) is 11.1 Å². The Kier molecular flexibility index (Phi) is 5.86. The fourth-order valence-corrected chi connectivity index (χ4v) is 1.95. The topological polar surface area (TPSA) is 86.2 Å². The van der Waals surface area contributed by atoms with Gasteiger partial charge >= 0.3 is 0 Å². The molecule has 1 rings (SSSR count). The van der Waals surface area contributed by atoms with Crippen LogP contribution in [0.15, 0.2) is 18.2 Å². The number of hydrogen-bond acceptors (Lipinski definition) is 4. The molecule has 19 heavy (non-hydrogen) atoms. The molecule has 0 aliphatic heterocycles. The summed E-state index contributed by atoms with van der Waals surface area (Å²) in [6, 6.07) is 5.37. The van der Waals surface area contributed by atoms with Crippen LogP contribution in [-0.4, -0.2) is 17.7 Å². The zero-order chi connectivity index (χ0) is 14.4. The first-order chi connectivity index (χ1) is 8.90. The lowest BCUT2D eigenvalue weighted by molar-refractivity contribution is 0.101. The fourth-order valence-electron chi connectivity index (χ4n) is 1.95. The number of Topliss-reactive ketones (excluding diaryl/α,β-unsaturated/α-hetero) is 2. The summed E-state index contributed by atoms with van der Waals surface area (Å²) >= 11 is 0. The van der Waals surface area contributed by atoms with Crippen molar-refractivity contribution in [3.63, 3.8) is 0 Å². The standard InChI is InChI=1S/C15H22N2O2/c1-10(18)13-7-12(5-3-4-6-15(16)17)8-14(9-13)11(2)19/h7-9,15H,3-6,16-17H2,1-2H3. The minimum absolute atomic E-state index is 0.0201. The summed E-state index contributed by atoms with van der Waals surface area (Å²) in [7, 11) is 0. The van der Waals surface area contributed by atoms with E-state index in [-0.39, 0.29) is 17.7 Å². The predicted octanol–water partition coefficient (Wildman–Crippen LogP) is 2.05. The van der Waals surface area contributed by atoms with Gasteiger partial charge in [0.2, 0.25) is 0 Å². The van der Waals surface area contributed by atoms with E-state index in [0.717, 1.165) is 31.2 Å². The Labute approximate surface area is 114 Å². The summed E-state index contributed by atoms with van der Waals surface area (Å²) in [6.45, 7) is 3.02. The largest absolute Gasteiger partial charge is 0.316 e. The van der Waals surface area contributed by atoms with Crippen LogP contribution in [0.25, 0.3) is 0 Å². The van der Waals surface area contributed by atoms with E-state index in [0.29, 0.717) is 11.1 Å². The SMILES string of the molecule is CC(=O)c1cc(CCCCC(N)N)cc(C(C)=O)c1. The average molecular weight is 262 g/mol. The Morgan fingerprint density at radius 2 is 1.53 bits per heavy atom. The van der Waals surface area contributed by atoms with E-state index in [1.807, 2.05) is 12.1 Å². The third-order valence-electron chi connectivity index (χ3n) is 3.06. The van der Waals surface area contributed by atoms with Gasteiger partial charge in [0.05, 0.1) is 6.17 Å². The van der Waals surface area contributed by atoms with Gasteiger partial charge in [-0.05, 0) is 56.9 Å². The van der Waals surface area contributed by atoms with Crippen molar-refractivity contribution < 1.29 is 9.59 Å². The van der Waals surface area contributed by atoms with Crippen molar-refractivity contribution in [3.05, 3.63) is 34.9 Å². The van der Waals surface area contributed by atoms with Crippen molar-refractivity contribution in [1.82, 2.24) is 0 Å². The first kappa shape index (κ1) is 15.5. The highest BCUT2D eigenvalue weighted by atomic mass is 16.1. The maximum atomic E-state index is 11.4.